The first-order valence-corrected chi connectivity index (χ1v) is 15.6. The number of carbonyl (C=O) groups excluding carboxylic acids is 2. The number of anilines is 3. The molecule has 1 aliphatic rings. The van der Waals surface area contributed by atoms with E-state index < -0.39 is 17.6 Å². The van der Waals surface area contributed by atoms with E-state index in [1.807, 2.05) is 72.8 Å². The van der Waals surface area contributed by atoms with E-state index in [0.717, 1.165) is 48.9 Å². The number of benzene rings is 5. The maximum Gasteiger partial charge on any atom is 0.417 e. The van der Waals surface area contributed by atoms with E-state index in [-0.39, 0.29) is 34.4 Å². The highest BCUT2D eigenvalue weighted by molar-refractivity contribution is 6.09. The molecule has 0 aromatic heterocycles. The van der Waals surface area contributed by atoms with Gasteiger partial charge in [-0.15, -0.1) is 0 Å². The Hall–Kier alpha value is -5.37. The summed E-state index contributed by atoms with van der Waals surface area (Å²) in [6, 6.07) is 38.4. The number of para-hydroxylation sites is 1. The summed E-state index contributed by atoms with van der Waals surface area (Å²) in [5, 5.41) is 5.95. The Bertz CT molecular complexity index is 1820. The molecule has 0 bridgehead atoms. The molecule has 1 aliphatic heterocycles. The fourth-order valence-corrected chi connectivity index (χ4v) is 6.37. The highest BCUT2D eigenvalue weighted by Crippen LogP contribution is 2.39. The highest BCUT2D eigenvalue weighted by atomic mass is 19.4. The van der Waals surface area contributed by atoms with Crippen molar-refractivity contribution in [1.82, 2.24) is 0 Å². The predicted molar refractivity (Wildman–Crippen MR) is 180 cm³/mol. The van der Waals surface area contributed by atoms with Crippen LogP contribution < -0.4 is 15.5 Å². The molecule has 5 aromatic carbocycles. The first kappa shape index (κ1) is 31.6. The van der Waals surface area contributed by atoms with Crippen LogP contribution >= 0.6 is 0 Å². The van der Waals surface area contributed by atoms with Gasteiger partial charge in [-0.05, 0) is 84.0 Å². The van der Waals surface area contributed by atoms with Gasteiger partial charge < -0.3 is 15.5 Å². The summed E-state index contributed by atoms with van der Waals surface area (Å²) in [5.41, 5.74) is 2.83. The molecule has 0 saturated carbocycles. The van der Waals surface area contributed by atoms with Crippen LogP contribution in [0.5, 0.6) is 0 Å². The van der Waals surface area contributed by atoms with Gasteiger partial charge in [-0.2, -0.15) is 13.2 Å². The summed E-state index contributed by atoms with van der Waals surface area (Å²) in [7, 11) is 0. The molecule has 1 unspecified atom stereocenters. The van der Waals surface area contributed by atoms with Crippen LogP contribution in [0.2, 0.25) is 0 Å². The van der Waals surface area contributed by atoms with Crippen molar-refractivity contribution in [1.29, 1.82) is 0 Å². The molecule has 238 valence electrons. The number of hydrogen-bond donors (Lipinski definition) is 2. The van der Waals surface area contributed by atoms with Gasteiger partial charge in [0.15, 0.2) is 0 Å². The topological polar surface area (TPSA) is 61.4 Å². The number of nitrogens with one attached hydrogen (secondary N) is 2. The third kappa shape index (κ3) is 7.38. The van der Waals surface area contributed by atoms with Crippen LogP contribution in [0, 0.1) is 5.92 Å². The summed E-state index contributed by atoms with van der Waals surface area (Å²) in [4.78, 5) is 29.1. The van der Waals surface area contributed by atoms with Gasteiger partial charge >= 0.3 is 6.18 Å². The number of piperidine rings is 1. The van der Waals surface area contributed by atoms with Crippen LogP contribution in [-0.2, 0) is 11.0 Å². The van der Waals surface area contributed by atoms with Crippen molar-refractivity contribution in [3.05, 3.63) is 150 Å². The number of nitrogens with zero attached hydrogens (tertiary/aromatic N) is 1. The number of halogens is 3. The Morgan fingerprint density at radius 1 is 0.638 bits per heavy atom. The van der Waals surface area contributed by atoms with Gasteiger partial charge in [-0.3, -0.25) is 9.59 Å². The first-order chi connectivity index (χ1) is 22.8. The molecule has 8 heteroatoms. The summed E-state index contributed by atoms with van der Waals surface area (Å²) >= 11 is 0. The zero-order chi connectivity index (χ0) is 32.8. The molecule has 1 fully saturated rings. The molecule has 5 nitrogen and oxygen atoms in total. The van der Waals surface area contributed by atoms with E-state index >= 15 is 0 Å². The number of amides is 2. The average molecular weight is 634 g/mol. The van der Waals surface area contributed by atoms with E-state index in [9.17, 15) is 22.8 Å². The molecule has 1 heterocycles. The van der Waals surface area contributed by atoms with Crippen LogP contribution in [0.1, 0.15) is 40.2 Å². The maximum atomic E-state index is 13.7. The van der Waals surface area contributed by atoms with Crippen molar-refractivity contribution in [2.45, 2.75) is 24.9 Å². The van der Waals surface area contributed by atoms with Crippen molar-refractivity contribution in [3.8, 4) is 11.1 Å². The van der Waals surface area contributed by atoms with Crippen molar-refractivity contribution in [2.75, 3.05) is 28.6 Å². The molecular formula is C39H34F3N3O2. The minimum atomic E-state index is -4.55. The number of carbonyl (C=O) groups is 2. The van der Waals surface area contributed by atoms with E-state index in [0.29, 0.717) is 5.69 Å². The van der Waals surface area contributed by atoms with E-state index in [2.05, 4.69) is 15.5 Å². The van der Waals surface area contributed by atoms with Crippen LogP contribution in [0.25, 0.3) is 11.1 Å². The molecule has 1 saturated heterocycles. The molecule has 6 rings (SSSR count). The quantitative estimate of drug-likeness (QED) is 0.179. The fourth-order valence-electron chi connectivity index (χ4n) is 6.37. The van der Waals surface area contributed by atoms with E-state index in [4.69, 9.17) is 0 Å². The lowest BCUT2D eigenvalue weighted by Gasteiger charge is -2.37. The minimum Gasteiger partial charge on any atom is -0.372 e. The highest BCUT2D eigenvalue weighted by Gasteiger charge is 2.35. The van der Waals surface area contributed by atoms with Gasteiger partial charge in [-0.1, -0.05) is 84.9 Å². The summed E-state index contributed by atoms with van der Waals surface area (Å²) in [5.74, 6) is -0.614. The third-order valence-electron chi connectivity index (χ3n) is 8.68. The minimum absolute atomic E-state index is 0.00980. The zero-order valence-corrected chi connectivity index (χ0v) is 25.6. The van der Waals surface area contributed by atoms with Crippen molar-refractivity contribution in [2.24, 2.45) is 5.92 Å². The summed E-state index contributed by atoms with van der Waals surface area (Å²) in [6.45, 7) is 1.54. The van der Waals surface area contributed by atoms with Crippen LogP contribution in [0.15, 0.2) is 133 Å². The zero-order valence-electron chi connectivity index (χ0n) is 25.6. The van der Waals surface area contributed by atoms with E-state index in [1.165, 1.54) is 30.3 Å². The van der Waals surface area contributed by atoms with E-state index in [1.54, 1.807) is 24.3 Å². The second kappa shape index (κ2) is 14.0. The van der Waals surface area contributed by atoms with Gasteiger partial charge in [0, 0.05) is 35.7 Å². The largest absolute Gasteiger partial charge is 0.417 e. The lowest BCUT2D eigenvalue weighted by Crippen LogP contribution is -2.38. The predicted octanol–water partition coefficient (Wildman–Crippen LogP) is 9.26. The SMILES string of the molecule is O=C(Nc1ccc(N2CCC(C(C(=O)Nc3ccccc3)c3ccccc3)CC2)cc1)c1ccccc1-c1ccccc1C(F)(F)F. The number of alkyl halides is 3. The Labute approximate surface area is 272 Å². The molecule has 2 amide bonds. The molecular weight excluding hydrogens is 599 g/mol. The monoisotopic (exact) mass is 633 g/mol. The Morgan fingerprint density at radius 2 is 1.19 bits per heavy atom. The lowest BCUT2D eigenvalue weighted by atomic mass is 9.79. The molecule has 2 N–H and O–H groups in total. The van der Waals surface area contributed by atoms with Gasteiger partial charge in [-0.25, -0.2) is 0 Å². The smallest absolute Gasteiger partial charge is 0.372 e. The Morgan fingerprint density at radius 3 is 1.85 bits per heavy atom. The van der Waals surface area contributed by atoms with Gasteiger partial charge in [0.2, 0.25) is 5.91 Å². The van der Waals surface area contributed by atoms with Crippen molar-refractivity contribution >= 4 is 28.9 Å². The standard InChI is InChI=1S/C39H34F3N3O2/c40-39(41,42)35-18-10-9-16-33(35)32-15-7-8-17-34(32)37(46)43-30-19-21-31(22-20-30)45-25-23-28(24-26-45)36(27-11-3-1-4-12-27)38(47)44-29-13-5-2-6-14-29/h1-22,28,36H,23-26H2,(H,43,46)(H,44,47). The summed E-state index contributed by atoms with van der Waals surface area (Å²) in [6.07, 6.45) is -2.89. The molecule has 1 atom stereocenters. The maximum absolute atomic E-state index is 13.7. The van der Waals surface area contributed by atoms with Gasteiger partial charge in [0.25, 0.3) is 5.91 Å². The molecule has 0 spiro atoms. The van der Waals surface area contributed by atoms with Crippen molar-refractivity contribution < 1.29 is 22.8 Å². The lowest BCUT2D eigenvalue weighted by molar-refractivity contribution is -0.137. The number of hydrogen-bond acceptors (Lipinski definition) is 3. The Kier molecular flexibility index (Phi) is 9.38. The average Bonchev–Trinajstić information content (AvgIpc) is 3.09. The Balaban J connectivity index is 1.12. The van der Waals surface area contributed by atoms with Crippen LogP contribution in [-0.4, -0.2) is 24.9 Å². The second-order valence-electron chi connectivity index (χ2n) is 11.7. The molecule has 5 aromatic rings. The first-order valence-electron chi connectivity index (χ1n) is 15.6. The van der Waals surface area contributed by atoms with Gasteiger partial charge in [0.05, 0.1) is 11.5 Å². The van der Waals surface area contributed by atoms with Crippen molar-refractivity contribution in [3.63, 3.8) is 0 Å². The normalized spacial score (nSPS) is 14.3. The van der Waals surface area contributed by atoms with Crippen LogP contribution in [0.3, 0.4) is 0 Å². The van der Waals surface area contributed by atoms with Crippen LogP contribution in [0.4, 0.5) is 30.2 Å². The summed E-state index contributed by atoms with van der Waals surface area (Å²) < 4.78 is 41.2. The molecule has 47 heavy (non-hydrogen) atoms. The van der Waals surface area contributed by atoms with Gasteiger partial charge in [0.1, 0.15) is 0 Å². The second-order valence-corrected chi connectivity index (χ2v) is 11.7. The molecule has 0 aliphatic carbocycles. The number of rotatable bonds is 8. The fraction of sp³-hybridized carbons (Fsp3) is 0.179. The molecule has 0 radical (unpaired) electrons. The third-order valence-corrected chi connectivity index (χ3v) is 8.68.